The summed E-state index contributed by atoms with van der Waals surface area (Å²) in [4.78, 5) is 10.0. The second kappa shape index (κ2) is 8.99. The van der Waals surface area contributed by atoms with Crippen molar-refractivity contribution in [2.45, 2.75) is 0 Å². The van der Waals surface area contributed by atoms with Gasteiger partial charge in [-0.3, -0.25) is 0 Å². The van der Waals surface area contributed by atoms with E-state index >= 15 is 0 Å². The lowest BCUT2D eigenvalue weighted by molar-refractivity contribution is 0.584. The molecule has 0 N–H and O–H groups in total. The lowest BCUT2D eigenvalue weighted by Gasteiger charge is -2.10. The van der Waals surface area contributed by atoms with E-state index in [1.165, 1.54) is 0 Å². The van der Waals surface area contributed by atoms with Gasteiger partial charge in [-0.2, -0.15) is 0 Å². The molecule has 0 unspecified atom stereocenters. The summed E-state index contributed by atoms with van der Waals surface area (Å²) in [6.07, 6.45) is 0. The Labute approximate surface area is 228 Å². The molecule has 3 heterocycles. The van der Waals surface area contributed by atoms with E-state index in [1.807, 2.05) is 109 Å². The third-order valence-electron chi connectivity index (χ3n) is 7.09. The summed E-state index contributed by atoms with van der Waals surface area (Å²) in [6, 6.07) is 40.0. The molecule has 3 aromatic heterocycles. The maximum absolute atomic E-state index is 6.20. The van der Waals surface area contributed by atoms with Crippen LogP contribution in [0.2, 0.25) is 0 Å². The molecule has 0 saturated carbocycles. The number of benzene rings is 5. The standard InChI is InChI=1S/C34H20N4O2/c1-3-9-22(10-4-1)32-36-31-28(39-32)20-19-26-29(31)25-13-7-8-14-27(25)35-30(26)21-15-17-24(18-16-21)34-38-37-33(40-34)23-11-5-2-6-12-23/h1-20H. The Hall–Kier alpha value is -5.62. The Morgan fingerprint density at radius 1 is 0.425 bits per heavy atom. The van der Waals surface area contributed by atoms with Gasteiger partial charge in [-0.15, -0.1) is 10.2 Å². The third kappa shape index (κ3) is 3.66. The van der Waals surface area contributed by atoms with Crippen LogP contribution in [0.4, 0.5) is 0 Å². The molecule has 0 aliphatic heterocycles. The van der Waals surface area contributed by atoms with Gasteiger partial charge in [0.05, 0.1) is 11.2 Å². The molecule has 0 atom stereocenters. The summed E-state index contributed by atoms with van der Waals surface area (Å²) in [5.41, 5.74) is 7.00. The van der Waals surface area contributed by atoms with Gasteiger partial charge in [0, 0.05) is 38.4 Å². The van der Waals surface area contributed by atoms with Crippen molar-refractivity contribution in [3.63, 3.8) is 0 Å². The highest BCUT2D eigenvalue weighted by Gasteiger charge is 2.18. The number of hydrogen-bond acceptors (Lipinski definition) is 6. The average Bonchev–Trinajstić information content (AvgIpc) is 3.70. The van der Waals surface area contributed by atoms with Gasteiger partial charge in [-0.1, -0.05) is 66.7 Å². The van der Waals surface area contributed by atoms with Gasteiger partial charge < -0.3 is 8.83 Å². The van der Waals surface area contributed by atoms with Crippen molar-refractivity contribution < 1.29 is 8.83 Å². The van der Waals surface area contributed by atoms with Crippen molar-refractivity contribution in [1.29, 1.82) is 0 Å². The maximum Gasteiger partial charge on any atom is 0.248 e. The van der Waals surface area contributed by atoms with Crippen LogP contribution in [0.3, 0.4) is 0 Å². The second-order valence-corrected chi connectivity index (χ2v) is 9.55. The summed E-state index contributed by atoms with van der Waals surface area (Å²) in [5, 5.41) is 11.6. The van der Waals surface area contributed by atoms with Crippen LogP contribution in [0.15, 0.2) is 130 Å². The molecule has 0 fully saturated rings. The topological polar surface area (TPSA) is 77.8 Å². The van der Waals surface area contributed by atoms with Gasteiger partial charge in [0.2, 0.25) is 17.7 Å². The van der Waals surface area contributed by atoms with Crippen LogP contribution in [-0.2, 0) is 0 Å². The van der Waals surface area contributed by atoms with Crippen molar-refractivity contribution in [1.82, 2.24) is 20.2 Å². The summed E-state index contributed by atoms with van der Waals surface area (Å²) in [7, 11) is 0. The molecule has 8 aromatic rings. The zero-order valence-electron chi connectivity index (χ0n) is 21.2. The van der Waals surface area contributed by atoms with Gasteiger partial charge in [0.25, 0.3) is 0 Å². The first-order valence-corrected chi connectivity index (χ1v) is 13.0. The van der Waals surface area contributed by atoms with Crippen LogP contribution < -0.4 is 0 Å². The fraction of sp³-hybridized carbons (Fsp3) is 0. The number of oxazole rings is 1. The Morgan fingerprint density at radius 2 is 1.02 bits per heavy atom. The minimum atomic E-state index is 0.472. The molecular formula is C34H20N4O2. The molecule has 0 bridgehead atoms. The average molecular weight is 517 g/mol. The van der Waals surface area contributed by atoms with Gasteiger partial charge in [0.1, 0.15) is 5.52 Å². The van der Waals surface area contributed by atoms with Crippen molar-refractivity contribution in [2.75, 3.05) is 0 Å². The minimum Gasteiger partial charge on any atom is -0.436 e. The predicted octanol–water partition coefficient (Wildman–Crippen LogP) is 8.58. The number of fused-ring (bicyclic) bond motifs is 5. The lowest BCUT2D eigenvalue weighted by Crippen LogP contribution is -1.91. The summed E-state index contributed by atoms with van der Waals surface area (Å²) >= 11 is 0. The molecule has 0 amide bonds. The number of aromatic nitrogens is 4. The van der Waals surface area contributed by atoms with Gasteiger partial charge in [-0.05, 0) is 54.6 Å². The molecular weight excluding hydrogens is 496 g/mol. The van der Waals surface area contributed by atoms with E-state index < -0.39 is 0 Å². The SMILES string of the molecule is c1ccc(-c2nnc(-c3ccc(-c4nc5ccccc5c5c4ccc4oc(-c6ccccc6)nc45)cc3)o2)cc1. The number of nitrogens with zero attached hydrogens (tertiary/aromatic N) is 4. The molecule has 0 aliphatic carbocycles. The molecule has 40 heavy (non-hydrogen) atoms. The maximum atomic E-state index is 6.20. The zero-order chi connectivity index (χ0) is 26.5. The van der Waals surface area contributed by atoms with Crippen LogP contribution in [0.25, 0.3) is 78.4 Å². The van der Waals surface area contributed by atoms with Gasteiger partial charge in [0.15, 0.2) is 5.58 Å². The van der Waals surface area contributed by atoms with E-state index in [-0.39, 0.29) is 0 Å². The Morgan fingerprint density at radius 3 is 1.75 bits per heavy atom. The largest absolute Gasteiger partial charge is 0.436 e. The van der Waals surface area contributed by atoms with Crippen molar-refractivity contribution in [3.8, 4) is 45.6 Å². The third-order valence-corrected chi connectivity index (χ3v) is 7.09. The minimum absolute atomic E-state index is 0.472. The van der Waals surface area contributed by atoms with Crippen molar-refractivity contribution in [2.24, 2.45) is 0 Å². The van der Waals surface area contributed by atoms with Crippen LogP contribution in [0.5, 0.6) is 0 Å². The van der Waals surface area contributed by atoms with Crippen LogP contribution in [0.1, 0.15) is 0 Å². The first-order chi connectivity index (χ1) is 19.8. The fourth-order valence-electron chi connectivity index (χ4n) is 5.16. The van der Waals surface area contributed by atoms with E-state index in [0.29, 0.717) is 17.7 Å². The van der Waals surface area contributed by atoms with E-state index in [2.05, 4.69) is 22.3 Å². The Bertz CT molecular complexity index is 2150. The summed E-state index contributed by atoms with van der Waals surface area (Å²) < 4.78 is 12.2. The molecule has 0 spiro atoms. The molecule has 5 aromatic carbocycles. The number of hydrogen-bond donors (Lipinski definition) is 0. The number of pyridine rings is 1. The van der Waals surface area contributed by atoms with Crippen LogP contribution in [0, 0.1) is 0 Å². The highest BCUT2D eigenvalue weighted by Crippen LogP contribution is 2.38. The number of para-hydroxylation sites is 1. The molecule has 0 radical (unpaired) electrons. The smallest absolute Gasteiger partial charge is 0.248 e. The molecule has 6 heteroatoms. The van der Waals surface area contributed by atoms with E-state index in [9.17, 15) is 0 Å². The first kappa shape index (κ1) is 22.4. The van der Waals surface area contributed by atoms with Crippen LogP contribution >= 0.6 is 0 Å². The quantitative estimate of drug-likeness (QED) is 0.218. The monoisotopic (exact) mass is 516 g/mol. The zero-order valence-corrected chi connectivity index (χ0v) is 21.2. The lowest BCUT2D eigenvalue weighted by atomic mass is 9.98. The van der Waals surface area contributed by atoms with Crippen molar-refractivity contribution >= 4 is 32.8 Å². The molecule has 0 saturated heterocycles. The molecule has 6 nitrogen and oxygen atoms in total. The predicted molar refractivity (Wildman–Crippen MR) is 156 cm³/mol. The second-order valence-electron chi connectivity index (χ2n) is 9.55. The molecule has 188 valence electrons. The van der Waals surface area contributed by atoms with Crippen LogP contribution in [-0.4, -0.2) is 20.2 Å². The Balaban J connectivity index is 1.27. The van der Waals surface area contributed by atoms with E-state index in [4.69, 9.17) is 18.8 Å². The number of rotatable bonds is 4. The summed E-state index contributed by atoms with van der Waals surface area (Å²) in [5.74, 6) is 1.57. The molecule has 0 aliphatic rings. The Kier molecular flexibility index (Phi) is 5.03. The highest BCUT2D eigenvalue weighted by atomic mass is 16.4. The first-order valence-electron chi connectivity index (χ1n) is 13.0. The van der Waals surface area contributed by atoms with E-state index in [0.717, 1.165) is 60.7 Å². The normalized spacial score (nSPS) is 11.5. The fourth-order valence-corrected chi connectivity index (χ4v) is 5.16. The van der Waals surface area contributed by atoms with Gasteiger partial charge >= 0.3 is 0 Å². The van der Waals surface area contributed by atoms with Crippen molar-refractivity contribution in [3.05, 3.63) is 121 Å². The summed E-state index contributed by atoms with van der Waals surface area (Å²) in [6.45, 7) is 0. The molecule has 8 rings (SSSR count). The van der Waals surface area contributed by atoms with E-state index in [1.54, 1.807) is 0 Å². The van der Waals surface area contributed by atoms with Gasteiger partial charge in [-0.25, -0.2) is 9.97 Å². The highest BCUT2D eigenvalue weighted by molar-refractivity contribution is 6.20.